The molecule has 4 nitrogen and oxygen atoms in total. The monoisotopic (exact) mass is 365 g/mol. The van der Waals surface area contributed by atoms with Crippen LogP contribution in [0.15, 0.2) is 18.2 Å². The molecule has 0 radical (unpaired) electrons. The van der Waals surface area contributed by atoms with E-state index in [-0.39, 0.29) is 5.69 Å². The number of ketones is 2. The zero-order chi connectivity index (χ0) is 19.3. The highest BCUT2D eigenvalue weighted by Crippen LogP contribution is 2.24. The zero-order valence-corrected chi connectivity index (χ0v) is 11.5. The topological polar surface area (TPSA) is 63.2 Å². The molecular weight excluding hydrogens is 358 g/mol. The van der Waals surface area contributed by atoms with E-state index in [0.717, 1.165) is 18.2 Å². The van der Waals surface area contributed by atoms with Gasteiger partial charge in [-0.25, -0.2) is 8.78 Å². The number of halogens is 8. The van der Waals surface area contributed by atoms with Crippen LogP contribution >= 0.6 is 0 Å². The van der Waals surface area contributed by atoms with Gasteiger partial charge in [0.15, 0.2) is 0 Å². The molecule has 0 fully saturated rings. The number of carbonyl (C=O) groups excluding carboxylic acids is 3. The van der Waals surface area contributed by atoms with Gasteiger partial charge in [0.1, 0.15) is 11.6 Å². The number of carbonyl (C=O) groups is 3. The first-order valence-corrected chi connectivity index (χ1v) is 5.61. The Morgan fingerprint density at radius 1 is 0.875 bits per heavy atom. The number of anilines is 1. The fraction of sp³-hybridized carbons (Fsp3) is 0.250. The first kappa shape index (κ1) is 21.5. The molecular formula is C12H7F8NO3. The molecule has 12 heteroatoms. The SMILES string of the molecule is CC(=O)Nc1cc(F)ccc1F.O=C(C(=O)C(F)(F)F)C(F)(F)F. The van der Waals surface area contributed by atoms with Gasteiger partial charge < -0.3 is 5.32 Å². The summed E-state index contributed by atoms with van der Waals surface area (Å²) in [7, 11) is 0. The zero-order valence-electron chi connectivity index (χ0n) is 11.5. The summed E-state index contributed by atoms with van der Waals surface area (Å²) in [4.78, 5) is 29.7. The molecule has 1 N–H and O–H groups in total. The van der Waals surface area contributed by atoms with Gasteiger partial charge in [0.2, 0.25) is 5.91 Å². The lowest BCUT2D eigenvalue weighted by Gasteiger charge is -2.05. The van der Waals surface area contributed by atoms with Crippen molar-refractivity contribution in [3.8, 4) is 0 Å². The average Bonchev–Trinajstić information content (AvgIpc) is 2.39. The van der Waals surface area contributed by atoms with Gasteiger partial charge in [0, 0.05) is 13.0 Å². The van der Waals surface area contributed by atoms with Crippen LogP contribution in [0.2, 0.25) is 0 Å². The van der Waals surface area contributed by atoms with Crippen LogP contribution in [-0.2, 0) is 14.4 Å². The van der Waals surface area contributed by atoms with Crippen molar-refractivity contribution >= 4 is 23.2 Å². The molecule has 0 aliphatic carbocycles. The van der Waals surface area contributed by atoms with Crippen LogP contribution < -0.4 is 5.32 Å². The summed E-state index contributed by atoms with van der Waals surface area (Å²) >= 11 is 0. The smallest absolute Gasteiger partial charge is 0.324 e. The van der Waals surface area contributed by atoms with Gasteiger partial charge in [-0.15, -0.1) is 0 Å². The average molecular weight is 365 g/mol. The van der Waals surface area contributed by atoms with Crippen LogP contribution in [0, 0.1) is 11.6 Å². The Bertz CT molecular complexity index is 612. The van der Waals surface area contributed by atoms with Gasteiger partial charge in [-0.05, 0) is 12.1 Å². The fourth-order valence-corrected chi connectivity index (χ4v) is 1.04. The Labute approximate surface area is 128 Å². The Balaban J connectivity index is 0.000000441. The maximum Gasteiger partial charge on any atom is 0.458 e. The molecule has 0 aliphatic rings. The number of hydrogen-bond donors (Lipinski definition) is 1. The predicted molar refractivity (Wildman–Crippen MR) is 62.8 cm³/mol. The van der Waals surface area contributed by atoms with Crippen molar-refractivity contribution in [2.45, 2.75) is 19.3 Å². The van der Waals surface area contributed by atoms with Crippen LogP contribution in [0.25, 0.3) is 0 Å². The van der Waals surface area contributed by atoms with Crippen LogP contribution in [0.3, 0.4) is 0 Å². The number of benzene rings is 1. The first-order valence-electron chi connectivity index (χ1n) is 5.61. The van der Waals surface area contributed by atoms with Gasteiger partial charge >= 0.3 is 23.9 Å². The number of nitrogens with one attached hydrogen (secondary N) is 1. The Morgan fingerprint density at radius 2 is 1.29 bits per heavy atom. The molecule has 0 aromatic heterocycles. The molecule has 0 unspecified atom stereocenters. The van der Waals surface area contributed by atoms with Gasteiger partial charge in [0.05, 0.1) is 5.69 Å². The second kappa shape index (κ2) is 7.84. The molecule has 0 saturated carbocycles. The summed E-state index contributed by atoms with van der Waals surface area (Å²) in [5, 5.41) is 2.16. The van der Waals surface area contributed by atoms with E-state index in [4.69, 9.17) is 0 Å². The maximum atomic E-state index is 12.7. The number of rotatable bonds is 2. The van der Waals surface area contributed by atoms with Crippen molar-refractivity contribution in [2.75, 3.05) is 5.32 Å². The lowest BCUT2D eigenvalue weighted by Crippen LogP contribution is -2.39. The minimum Gasteiger partial charge on any atom is -0.324 e. The largest absolute Gasteiger partial charge is 0.458 e. The second-order valence-electron chi connectivity index (χ2n) is 3.96. The number of hydrogen-bond acceptors (Lipinski definition) is 3. The summed E-state index contributed by atoms with van der Waals surface area (Å²) in [5.41, 5.74) is -0.137. The highest BCUT2D eigenvalue weighted by Gasteiger charge is 2.54. The van der Waals surface area contributed by atoms with E-state index in [1.54, 1.807) is 0 Å². The molecule has 134 valence electrons. The molecule has 0 aliphatic heterocycles. The lowest BCUT2D eigenvalue weighted by atomic mass is 10.2. The standard InChI is InChI=1S/C8H7F2NO.C4F6O2/c1-5(12)11-8-4-6(9)2-3-7(8)10;5-3(6,7)1(11)2(12)4(8,9)10/h2-4H,1H3,(H,11,12);. The number of Topliss-reactive ketones (excluding diaryl/α,β-unsaturated/α-hetero) is 2. The van der Waals surface area contributed by atoms with E-state index >= 15 is 0 Å². The van der Waals surface area contributed by atoms with Crippen molar-refractivity contribution in [2.24, 2.45) is 0 Å². The van der Waals surface area contributed by atoms with E-state index in [2.05, 4.69) is 5.32 Å². The fourth-order valence-electron chi connectivity index (χ4n) is 1.04. The third-order valence-corrected chi connectivity index (χ3v) is 1.96. The summed E-state index contributed by atoms with van der Waals surface area (Å²) in [5.74, 6) is -8.48. The van der Waals surface area contributed by atoms with Crippen LogP contribution in [-0.4, -0.2) is 29.8 Å². The van der Waals surface area contributed by atoms with Gasteiger partial charge in [0.25, 0.3) is 0 Å². The van der Waals surface area contributed by atoms with Crippen molar-refractivity contribution in [3.05, 3.63) is 29.8 Å². The van der Waals surface area contributed by atoms with E-state index in [0.29, 0.717) is 0 Å². The van der Waals surface area contributed by atoms with Crippen molar-refractivity contribution in [3.63, 3.8) is 0 Å². The minimum atomic E-state index is -5.77. The van der Waals surface area contributed by atoms with Crippen LogP contribution in [0.4, 0.5) is 40.8 Å². The highest BCUT2D eigenvalue weighted by molar-refractivity contribution is 6.41. The van der Waals surface area contributed by atoms with E-state index in [1.807, 2.05) is 0 Å². The Kier molecular flexibility index (Phi) is 7.01. The molecule has 1 amide bonds. The van der Waals surface area contributed by atoms with Crippen molar-refractivity contribution in [1.29, 1.82) is 0 Å². The predicted octanol–water partition coefficient (Wildman–Crippen LogP) is 3.17. The molecule has 1 aromatic carbocycles. The summed E-state index contributed by atoms with van der Waals surface area (Å²) in [6.07, 6.45) is -11.5. The molecule has 0 heterocycles. The number of alkyl halides is 6. The maximum absolute atomic E-state index is 12.7. The molecule has 1 rings (SSSR count). The molecule has 0 spiro atoms. The van der Waals surface area contributed by atoms with Gasteiger partial charge in [-0.2, -0.15) is 26.3 Å². The normalized spacial score (nSPS) is 11.2. The van der Waals surface area contributed by atoms with Crippen LogP contribution in [0.1, 0.15) is 6.92 Å². The Hall–Kier alpha value is -2.53. The molecule has 24 heavy (non-hydrogen) atoms. The third-order valence-electron chi connectivity index (χ3n) is 1.96. The minimum absolute atomic E-state index is 0.137. The molecule has 0 bridgehead atoms. The highest BCUT2D eigenvalue weighted by atomic mass is 19.4. The molecule has 0 atom stereocenters. The van der Waals surface area contributed by atoms with E-state index in [9.17, 15) is 49.5 Å². The first-order chi connectivity index (χ1) is 10.7. The second-order valence-corrected chi connectivity index (χ2v) is 3.96. The summed E-state index contributed by atoms with van der Waals surface area (Å²) in [6.45, 7) is 1.23. The van der Waals surface area contributed by atoms with Crippen molar-refractivity contribution < 1.29 is 49.5 Å². The summed E-state index contributed by atoms with van der Waals surface area (Å²) < 4.78 is 92.2. The van der Waals surface area contributed by atoms with Crippen molar-refractivity contribution in [1.82, 2.24) is 0 Å². The third kappa shape index (κ3) is 7.15. The lowest BCUT2D eigenvalue weighted by molar-refractivity contribution is -0.193. The van der Waals surface area contributed by atoms with Crippen LogP contribution in [0.5, 0.6) is 0 Å². The molecule has 1 aromatic rings. The molecule has 0 saturated heterocycles. The van der Waals surface area contributed by atoms with Gasteiger partial charge in [-0.1, -0.05) is 0 Å². The quantitative estimate of drug-likeness (QED) is 0.647. The van der Waals surface area contributed by atoms with E-state index in [1.165, 1.54) is 6.92 Å². The van der Waals surface area contributed by atoms with E-state index < -0.39 is 41.5 Å². The number of amides is 1. The Morgan fingerprint density at radius 3 is 1.62 bits per heavy atom. The summed E-state index contributed by atoms with van der Waals surface area (Å²) in [6, 6.07) is 2.87. The van der Waals surface area contributed by atoms with Gasteiger partial charge in [-0.3, -0.25) is 14.4 Å².